The highest BCUT2D eigenvalue weighted by molar-refractivity contribution is 5.86. The fraction of sp³-hybridized carbons (Fsp3) is 0.600. The van der Waals surface area contributed by atoms with Crippen LogP contribution in [0.5, 0.6) is 0 Å². The fourth-order valence-electron chi connectivity index (χ4n) is 1.43. The second-order valence-electron chi connectivity index (χ2n) is 3.65. The lowest BCUT2D eigenvalue weighted by molar-refractivity contribution is -0.144. The van der Waals surface area contributed by atoms with Crippen molar-refractivity contribution in [3.8, 4) is 0 Å². The predicted molar refractivity (Wildman–Crippen MR) is 57.2 cm³/mol. The van der Waals surface area contributed by atoms with Gasteiger partial charge in [0.2, 0.25) is 0 Å². The molecule has 1 atom stereocenters. The second kappa shape index (κ2) is 5.50. The Morgan fingerprint density at radius 1 is 1.56 bits per heavy atom. The number of carbonyl (C=O) groups is 2. The van der Waals surface area contributed by atoms with Crippen LogP contribution in [0, 0.1) is 0 Å². The maximum absolute atomic E-state index is 11.4. The van der Waals surface area contributed by atoms with Crippen molar-refractivity contribution in [1.29, 1.82) is 0 Å². The van der Waals surface area contributed by atoms with E-state index in [1.54, 1.807) is 6.08 Å². The van der Waals surface area contributed by atoms with Crippen molar-refractivity contribution in [1.82, 2.24) is 10.6 Å². The lowest BCUT2D eigenvalue weighted by Crippen LogP contribution is -2.57. The summed E-state index contributed by atoms with van der Waals surface area (Å²) in [6.45, 7) is 4.31. The van der Waals surface area contributed by atoms with E-state index in [1.807, 2.05) is 0 Å². The molecule has 1 aliphatic rings. The minimum absolute atomic E-state index is 0.0111. The molecule has 3 N–H and O–H groups in total. The summed E-state index contributed by atoms with van der Waals surface area (Å²) in [6.07, 6.45) is 2.60. The van der Waals surface area contributed by atoms with E-state index in [2.05, 4.69) is 17.2 Å². The first-order valence-electron chi connectivity index (χ1n) is 5.09. The van der Waals surface area contributed by atoms with E-state index in [0.717, 1.165) is 0 Å². The highest BCUT2D eigenvalue weighted by Crippen LogP contribution is 2.18. The summed E-state index contributed by atoms with van der Waals surface area (Å²) >= 11 is 0. The minimum atomic E-state index is -1.28. The van der Waals surface area contributed by atoms with Gasteiger partial charge in [0.25, 0.3) is 0 Å². The SMILES string of the molecule is C=CCCNC(=O)NC1(C(=O)O)CCOC1. The van der Waals surface area contributed by atoms with Crippen molar-refractivity contribution in [3.63, 3.8) is 0 Å². The first kappa shape index (κ1) is 12.5. The molecule has 2 amide bonds. The average Bonchev–Trinajstić information content (AvgIpc) is 2.68. The Hall–Kier alpha value is -1.56. The number of carboxylic acid groups (broad SMARTS) is 1. The van der Waals surface area contributed by atoms with Gasteiger partial charge in [0.05, 0.1) is 6.61 Å². The van der Waals surface area contributed by atoms with Crippen LogP contribution in [0.2, 0.25) is 0 Å². The number of hydrogen-bond donors (Lipinski definition) is 3. The van der Waals surface area contributed by atoms with Crippen molar-refractivity contribution in [2.45, 2.75) is 18.4 Å². The van der Waals surface area contributed by atoms with Crippen LogP contribution in [0.15, 0.2) is 12.7 Å². The number of hydrogen-bond acceptors (Lipinski definition) is 3. The Kier molecular flexibility index (Phi) is 4.30. The maximum Gasteiger partial charge on any atom is 0.332 e. The number of aliphatic carboxylic acids is 1. The zero-order valence-electron chi connectivity index (χ0n) is 8.99. The summed E-state index contributed by atoms with van der Waals surface area (Å²) < 4.78 is 5.01. The highest BCUT2D eigenvalue weighted by Gasteiger charge is 2.43. The van der Waals surface area contributed by atoms with Gasteiger partial charge in [0, 0.05) is 19.6 Å². The number of ether oxygens (including phenoxy) is 1. The molecule has 6 nitrogen and oxygen atoms in total. The summed E-state index contributed by atoms with van der Waals surface area (Å²) in [5.41, 5.74) is -1.28. The average molecular weight is 228 g/mol. The molecular formula is C10H16N2O4. The van der Waals surface area contributed by atoms with Gasteiger partial charge in [-0.15, -0.1) is 6.58 Å². The van der Waals surface area contributed by atoms with Gasteiger partial charge in [-0.2, -0.15) is 0 Å². The molecule has 1 aliphatic heterocycles. The van der Waals surface area contributed by atoms with Gasteiger partial charge in [-0.3, -0.25) is 0 Å². The van der Waals surface area contributed by atoms with Crippen LogP contribution in [0.25, 0.3) is 0 Å². The number of carbonyl (C=O) groups excluding carboxylic acids is 1. The Labute approximate surface area is 93.7 Å². The third kappa shape index (κ3) is 2.96. The molecule has 1 fully saturated rings. The number of rotatable bonds is 5. The quantitative estimate of drug-likeness (QED) is 0.460. The summed E-state index contributed by atoms with van der Waals surface area (Å²) in [5, 5.41) is 14.0. The molecule has 0 bridgehead atoms. The van der Waals surface area contributed by atoms with Crippen LogP contribution in [0.3, 0.4) is 0 Å². The monoisotopic (exact) mass is 228 g/mol. The third-order valence-corrected chi connectivity index (χ3v) is 2.42. The van der Waals surface area contributed by atoms with E-state index in [1.165, 1.54) is 0 Å². The van der Waals surface area contributed by atoms with Crippen LogP contribution in [-0.4, -0.2) is 42.4 Å². The highest BCUT2D eigenvalue weighted by atomic mass is 16.5. The molecule has 0 saturated carbocycles. The largest absolute Gasteiger partial charge is 0.479 e. The normalized spacial score (nSPS) is 23.8. The number of carboxylic acids is 1. The van der Waals surface area contributed by atoms with Gasteiger partial charge < -0.3 is 20.5 Å². The first-order valence-corrected chi connectivity index (χ1v) is 5.09. The fourth-order valence-corrected chi connectivity index (χ4v) is 1.43. The van der Waals surface area contributed by atoms with Crippen molar-refractivity contribution in [3.05, 3.63) is 12.7 Å². The zero-order valence-corrected chi connectivity index (χ0v) is 8.99. The van der Waals surface area contributed by atoms with Crippen molar-refractivity contribution in [2.75, 3.05) is 19.8 Å². The van der Waals surface area contributed by atoms with Gasteiger partial charge in [-0.05, 0) is 6.42 Å². The molecule has 1 unspecified atom stereocenters. The first-order chi connectivity index (χ1) is 7.60. The van der Waals surface area contributed by atoms with Crippen LogP contribution >= 0.6 is 0 Å². The Bertz CT molecular complexity index is 285. The van der Waals surface area contributed by atoms with E-state index in [-0.39, 0.29) is 13.0 Å². The topological polar surface area (TPSA) is 87.7 Å². The van der Waals surface area contributed by atoms with Crippen LogP contribution in [0.1, 0.15) is 12.8 Å². The van der Waals surface area contributed by atoms with Crippen LogP contribution in [0.4, 0.5) is 4.79 Å². The standard InChI is InChI=1S/C10H16N2O4/c1-2-3-5-11-9(15)12-10(8(13)14)4-6-16-7-10/h2H,1,3-7H2,(H,13,14)(H2,11,12,15). The molecule has 6 heteroatoms. The van der Waals surface area contributed by atoms with E-state index in [9.17, 15) is 9.59 Å². The molecule has 16 heavy (non-hydrogen) atoms. The summed E-state index contributed by atoms with van der Waals surface area (Å²) in [5.74, 6) is -1.07. The third-order valence-electron chi connectivity index (χ3n) is 2.42. The van der Waals surface area contributed by atoms with Crippen molar-refractivity contribution < 1.29 is 19.4 Å². The maximum atomic E-state index is 11.4. The van der Waals surface area contributed by atoms with Gasteiger partial charge in [0.1, 0.15) is 0 Å². The van der Waals surface area contributed by atoms with E-state index in [0.29, 0.717) is 19.6 Å². The van der Waals surface area contributed by atoms with Crippen LogP contribution < -0.4 is 10.6 Å². The smallest absolute Gasteiger partial charge is 0.332 e. The molecule has 0 aromatic heterocycles. The van der Waals surface area contributed by atoms with Crippen molar-refractivity contribution in [2.24, 2.45) is 0 Å². The second-order valence-corrected chi connectivity index (χ2v) is 3.65. The molecule has 0 radical (unpaired) electrons. The van der Waals surface area contributed by atoms with Gasteiger partial charge >= 0.3 is 12.0 Å². The van der Waals surface area contributed by atoms with Crippen LogP contribution in [-0.2, 0) is 9.53 Å². The van der Waals surface area contributed by atoms with Crippen molar-refractivity contribution >= 4 is 12.0 Å². The summed E-state index contributed by atoms with van der Waals surface area (Å²) in [7, 11) is 0. The lowest BCUT2D eigenvalue weighted by Gasteiger charge is -2.23. The number of urea groups is 1. The number of nitrogens with one attached hydrogen (secondary N) is 2. The van der Waals surface area contributed by atoms with E-state index < -0.39 is 17.5 Å². The molecule has 90 valence electrons. The predicted octanol–water partition coefficient (Wildman–Crippen LogP) is 0.105. The van der Waals surface area contributed by atoms with Gasteiger partial charge in [-0.25, -0.2) is 9.59 Å². The van der Waals surface area contributed by atoms with Gasteiger partial charge in [-0.1, -0.05) is 6.08 Å². The lowest BCUT2D eigenvalue weighted by atomic mass is 9.99. The Balaban J connectivity index is 2.46. The summed E-state index contributed by atoms with van der Waals surface area (Å²) in [6, 6.07) is -0.491. The van der Waals surface area contributed by atoms with Gasteiger partial charge in [0.15, 0.2) is 5.54 Å². The minimum Gasteiger partial charge on any atom is -0.479 e. The Morgan fingerprint density at radius 3 is 2.81 bits per heavy atom. The van der Waals surface area contributed by atoms with E-state index in [4.69, 9.17) is 9.84 Å². The Morgan fingerprint density at radius 2 is 2.31 bits per heavy atom. The zero-order chi connectivity index (χ0) is 12.0. The van der Waals surface area contributed by atoms with E-state index >= 15 is 0 Å². The number of amides is 2. The molecule has 1 heterocycles. The molecular weight excluding hydrogens is 212 g/mol. The molecule has 0 aliphatic carbocycles. The molecule has 0 spiro atoms. The molecule has 1 rings (SSSR count). The molecule has 0 aromatic rings. The molecule has 0 aromatic carbocycles. The molecule has 1 saturated heterocycles. The summed E-state index contributed by atoms with van der Waals surface area (Å²) in [4.78, 5) is 22.5.